The molecule has 0 atom stereocenters. The summed E-state index contributed by atoms with van der Waals surface area (Å²) < 4.78 is 1.15. The van der Waals surface area contributed by atoms with E-state index in [1.807, 2.05) is 30.3 Å². The Bertz CT molecular complexity index is 1320. The van der Waals surface area contributed by atoms with Crippen molar-refractivity contribution >= 4 is 28.3 Å². The molecule has 0 aliphatic carbocycles. The van der Waals surface area contributed by atoms with Gasteiger partial charge in [-0.2, -0.15) is 0 Å². The maximum atomic E-state index is 12.8. The van der Waals surface area contributed by atoms with Crippen LogP contribution in [0.4, 0.5) is 5.69 Å². The highest BCUT2D eigenvalue weighted by atomic mass is 16.2. The standard InChI is InChI=1S/C23H18N4O3/c24-21(28)14-27-13-18(8-9-22(27)29)26-23(30)16-6-3-5-15(10-16)20-12-25-11-17-4-1-2-7-19(17)20/h1-13H,14H2,(H2,24,28)(H,26,30). The van der Waals surface area contributed by atoms with E-state index in [2.05, 4.69) is 10.3 Å². The van der Waals surface area contributed by atoms with Gasteiger partial charge < -0.3 is 15.6 Å². The molecule has 2 heterocycles. The predicted octanol–water partition coefficient (Wildman–Crippen LogP) is 2.80. The van der Waals surface area contributed by atoms with Crippen LogP contribution in [0.25, 0.3) is 21.9 Å². The van der Waals surface area contributed by atoms with E-state index in [0.717, 1.165) is 26.5 Å². The first-order valence-electron chi connectivity index (χ1n) is 9.24. The number of fused-ring (bicyclic) bond motifs is 1. The summed E-state index contributed by atoms with van der Waals surface area (Å²) in [5.74, 6) is -0.980. The van der Waals surface area contributed by atoms with Gasteiger partial charge >= 0.3 is 0 Å². The third kappa shape index (κ3) is 3.95. The van der Waals surface area contributed by atoms with Crippen LogP contribution in [0.1, 0.15) is 10.4 Å². The molecule has 0 spiro atoms. The van der Waals surface area contributed by atoms with Crippen molar-refractivity contribution in [2.24, 2.45) is 5.73 Å². The first kappa shape index (κ1) is 19.1. The highest BCUT2D eigenvalue weighted by molar-refractivity contribution is 6.05. The lowest BCUT2D eigenvalue weighted by Gasteiger charge is -2.10. The van der Waals surface area contributed by atoms with E-state index in [1.165, 1.54) is 18.3 Å². The largest absolute Gasteiger partial charge is 0.368 e. The molecule has 2 aromatic carbocycles. The van der Waals surface area contributed by atoms with Crippen LogP contribution in [-0.4, -0.2) is 21.4 Å². The molecule has 0 fully saturated rings. The van der Waals surface area contributed by atoms with E-state index in [0.29, 0.717) is 11.3 Å². The van der Waals surface area contributed by atoms with Crippen molar-refractivity contribution in [3.63, 3.8) is 0 Å². The van der Waals surface area contributed by atoms with E-state index in [4.69, 9.17) is 5.73 Å². The summed E-state index contributed by atoms with van der Waals surface area (Å²) in [5.41, 5.74) is 7.41. The number of carbonyl (C=O) groups excluding carboxylic acids is 2. The van der Waals surface area contributed by atoms with Gasteiger partial charge in [0.05, 0.1) is 5.69 Å². The topological polar surface area (TPSA) is 107 Å². The van der Waals surface area contributed by atoms with E-state index >= 15 is 0 Å². The summed E-state index contributed by atoms with van der Waals surface area (Å²) in [7, 11) is 0. The van der Waals surface area contributed by atoms with Crippen LogP contribution in [-0.2, 0) is 11.3 Å². The SMILES string of the molecule is NC(=O)Cn1cc(NC(=O)c2cccc(-c3cncc4ccccc34)c2)ccc1=O. The summed E-state index contributed by atoms with van der Waals surface area (Å²) in [6, 6.07) is 17.9. The van der Waals surface area contributed by atoms with Gasteiger partial charge in [0, 0.05) is 41.2 Å². The van der Waals surface area contributed by atoms with Gasteiger partial charge in [0.25, 0.3) is 11.5 Å². The number of nitrogens with two attached hydrogens (primary N) is 1. The van der Waals surface area contributed by atoms with Crippen molar-refractivity contribution in [2.45, 2.75) is 6.54 Å². The number of nitrogens with zero attached hydrogens (tertiary/aromatic N) is 2. The number of hydrogen-bond donors (Lipinski definition) is 2. The van der Waals surface area contributed by atoms with Crippen LogP contribution in [0.2, 0.25) is 0 Å². The predicted molar refractivity (Wildman–Crippen MR) is 115 cm³/mol. The number of amides is 2. The van der Waals surface area contributed by atoms with Gasteiger partial charge in [-0.1, -0.05) is 36.4 Å². The highest BCUT2D eigenvalue weighted by Crippen LogP contribution is 2.28. The number of primary amides is 1. The van der Waals surface area contributed by atoms with E-state index in [1.54, 1.807) is 30.6 Å². The van der Waals surface area contributed by atoms with Crippen molar-refractivity contribution in [2.75, 3.05) is 5.32 Å². The molecule has 0 unspecified atom stereocenters. The fraction of sp³-hybridized carbons (Fsp3) is 0.0435. The van der Waals surface area contributed by atoms with Gasteiger partial charge in [-0.05, 0) is 29.1 Å². The molecule has 4 rings (SSSR count). The van der Waals surface area contributed by atoms with Gasteiger partial charge in [-0.3, -0.25) is 19.4 Å². The second-order valence-electron chi connectivity index (χ2n) is 6.79. The molecular formula is C23H18N4O3. The molecule has 3 N–H and O–H groups in total. The zero-order chi connectivity index (χ0) is 21.1. The molecule has 30 heavy (non-hydrogen) atoms. The molecule has 0 aliphatic rings. The van der Waals surface area contributed by atoms with Gasteiger partial charge in [-0.25, -0.2) is 0 Å². The minimum Gasteiger partial charge on any atom is -0.368 e. The van der Waals surface area contributed by atoms with Gasteiger partial charge in [0.1, 0.15) is 6.54 Å². The summed E-state index contributed by atoms with van der Waals surface area (Å²) >= 11 is 0. The maximum Gasteiger partial charge on any atom is 0.255 e. The third-order valence-corrected chi connectivity index (χ3v) is 4.67. The fourth-order valence-electron chi connectivity index (χ4n) is 3.27. The summed E-state index contributed by atoms with van der Waals surface area (Å²) in [6.45, 7) is -0.258. The number of rotatable bonds is 5. The van der Waals surface area contributed by atoms with E-state index in [-0.39, 0.29) is 18.0 Å². The average molecular weight is 398 g/mol. The van der Waals surface area contributed by atoms with E-state index < -0.39 is 5.91 Å². The Kier molecular flexibility index (Phi) is 5.09. The molecule has 4 aromatic rings. The van der Waals surface area contributed by atoms with Crippen molar-refractivity contribution < 1.29 is 9.59 Å². The summed E-state index contributed by atoms with van der Waals surface area (Å²) in [5, 5.41) is 4.81. The Morgan fingerprint density at radius 3 is 2.67 bits per heavy atom. The molecule has 148 valence electrons. The molecule has 2 amide bonds. The molecule has 0 bridgehead atoms. The Labute approximate surface area is 171 Å². The monoisotopic (exact) mass is 398 g/mol. The lowest BCUT2D eigenvalue weighted by Crippen LogP contribution is -2.27. The number of nitrogens with one attached hydrogen (secondary N) is 1. The summed E-state index contributed by atoms with van der Waals surface area (Å²) in [6.07, 6.45) is 4.97. The second kappa shape index (κ2) is 8.00. The maximum absolute atomic E-state index is 12.8. The number of benzene rings is 2. The molecule has 0 aliphatic heterocycles. The van der Waals surface area contributed by atoms with Gasteiger partial charge in [-0.15, -0.1) is 0 Å². The van der Waals surface area contributed by atoms with Gasteiger partial charge in [0.2, 0.25) is 5.91 Å². The molecule has 7 nitrogen and oxygen atoms in total. The van der Waals surface area contributed by atoms with Crippen molar-refractivity contribution in [3.05, 3.63) is 95.2 Å². The molecular weight excluding hydrogens is 380 g/mol. The van der Waals surface area contributed by atoms with Crippen LogP contribution in [0, 0.1) is 0 Å². The lowest BCUT2D eigenvalue weighted by atomic mass is 9.99. The van der Waals surface area contributed by atoms with Crippen molar-refractivity contribution in [3.8, 4) is 11.1 Å². The van der Waals surface area contributed by atoms with Crippen LogP contribution in [0.5, 0.6) is 0 Å². The number of hydrogen-bond acceptors (Lipinski definition) is 4. The first-order chi connectivity index (χ1) is 14.5. The molecule has 7 heteroatoms. The number of pyridine rings is 2. The molecule has 0 saturated heterocycles. The van der Waals surface area contributed by atoms with E-state index in [9.17, 15) is 14.4 Å². The smallest absolute Gasteiger partial charge is 0.255 e. The van der Waals surface area contributed by atoms with Crippen LogP contribution < -0.4 is 16.6 Å². The normalized spacial score (nSPS) is 10.7. The average Bonchev–Trinajstić information content (AvgIpc) is 2.75. The molecule has 2 aromatic heterocycles. The highest BCUT2D eigenvalue weighted by Gasteiger charge is 2.11. The van der Waals surface area contributed by atoms with Crippen LogP contribution in [0.15, 0.2) is 84.0 Å². The quantitative estimate of drug-likeness (QED) is 0.539. The van der Waals surface area contributed by atoms with Gasteiger partial charge in [0.15, 0.2) is 0 Å². The van der Waals surface area contributed by atoms with Crippen molar-refractivity contribution in [1.29, 1.82) is 0 Å². The number of aromatic nitrogens is 2. The minimum atomic E-state index is -0.642. The van der Waals surface area contributed by atoms with Crippen molar-refractivity contribution in [1.82, 2.24) is 9.55 Å². The number of anilines is 1. The first-order valence-corrected chi connectivity index (χ1v) is 9.24. The van der Waals surface area contributed by atoms with Crippen LogP contribution in [0.3, 0.4) is 0 Å². The third-order valence-electron chi connectivity index (χ3n) is 4.67. The number of carbonyl (C=O) groups is 2. The summed E-state index contributed by atoms with van der Waals surface area (Å²) in [4.78, 5) is 40.0. The minimum absolute atomic E-state index is 0.258. The zero-order valence-corrected chi connectivity index (χ0v) is 15.9. The Balaban J connectivity index is 1.64. The van der Waals surface area contributed by atoms with Crippen LogP contribution >= 0.6 is 0 Å². The molecule has 0 radical (unpaired) electrons. The lowest BCUT2D eigenvalue weighted by molar-refractivity contribution is -0.118. The fourth-order valence-corrected chi connectivity index (χ4v) is 3.27. The Morgan fingerprint density at radius 2 is 1.83 bits per heavy atom. The Morgan fingerprint density at radius 1 is 1.00 bits per heavy atom. The second-order valence-corrected chi connectivity index (χ2v) is 6.79. The zero-order valence-electron chi connectivity index (χ0n) is 15.9. The Hall–Kier alpha value is -4.26. The molecule has 0 saturated carbocycles.